The van der Waals surface area contributed by atoms with Crippen LogP contribution in [0.25, 0.3) is 44.9 Å². The lowest BCUT2D eigenvalue weighted by atomic mass is 10.0. The fourth-order valence-corrected chi connectivity index (χ4v) is 3.38. The van der Waals surface area contributed by atoms with E-state index in [1.807, 2.05) is 0 Å². The van der Waals surface area contributed by atoms with E-state index < -0.39 is 0 Å². The molecule has 0 radical (unpaired) electrons. The second kappa shape index (κ2) is 7.28. The van der Waals surface area contributed by atoms with E-state index in [-0.39, 0.29) is 17.2 Å². The molecule has 3 aromatic carbocycles. The van der Waals surface area contributed by atoms with E-state index in [2.05, 4.69) is 0 Å². The van der Waals surface area contributed by atoms with Crippen LogP contribution < -0.4 is 5.56 Å². The Kier molecular flexibility index (Phi) is 4.43. The molecule has 0 unspecified atom stereocenters. The van der Waals surface area contributed by atoms with Crippen LogP contribution in [0.15, 0.2) is 82.1 Å². The third-order valence-corrected chi connectivity index (χ3v) is 4.98. The predicted octanol–water partition coefficient (Wildman–Crippen LogP) is 5.20. The SMILES string of the molecule is Cn1oc(-c2ccc3nc(-c4ccc(F)cc4)c(-c4ccc(F)cc4)nc3c2)cc1=O. The predicted molar refractivity (Wildman–Crippen MR) is 113 cm³/mol. The summed E-state index contributed by atoms with van der Waals surface area (Å²) >= 11 is 0. The molecular formula is C24H15F2N3O2. The molecule has 7 heteroatoms. The third kappa shape index (κ3) is 3.50. The second-order valence-electron chi connectivity index (χ2n) is 7.07. The lowest BCUT2D eigenvalue weighted by Crippen LogP contribution is -2.06. The zero-order chi connectivity index (χ0) is 21.5. The van der Waals surface area contributed by atoms with Crippen LogP contribution in [-0.4, -0.2) is 14.7 Å². The molecule has 0 aliphatic carbocycles. The van der Waals surface area contributed by atoms with Gasteiger partial charge in [0.2, 0.25) is 0 Å². The van der Waals surface area contributed by atoms with Crippen LogP contribution in [0.1, 0.15) is 0 Å². The highest BCUT2D eigenvalue weighted by molar-refractivity contribution is 5.88. The van der Waals surface area contributed by atoms with Crippen LogP contribution in [0.5, 0.6) is 0 Å². The first-order chi connectivity index (χ1) is 15.0. The highest BCUT2D eigenvalue weighted by atomic mass is 19.1. The van der Waals surface area contributed by atoms with Gasteiger partial charge in [0.25, 0.3) is 5.56 Å². The number of nitrogens with zero attached hydrogens (tertiary/aromatic N) is 3. The molecule has 2 heterocycles. The number of benzene rings is 3. The smallest absolute Gasteiger partial charge is 0.282 e. The highest BCUT2D eigenvalue weighted by Crippen LogP contribution is 2.32. The molecule has 2 aromatic heterocycles. The largest absolute Gasteiger partial charge is 0.376 e. The Morgan fingerprint density at radius 2 is 1.23 bits per heavy atom. The second-order valence-corrected chi connectivity index (χ2v) is 7.07. The fraction of sp³-hybridized carbons (Fsp3) is 0.0417. The normalized spacial score (nSPS) is 11.2. The van der Waals surface area contributed by atoms with Crippen molar-refractivity contribution in [3.63, 3.8) is 0 Å². The molecule has 5 aromatic rings. The van der Waals surface area contributed by atoms with Gasteiger partial charge in [0.05, 0.1) is 28.5 Å². The lowest BCUT2D eigenvalue weighted by molar-refractivity contribution is 0.307. The number of aromatic nitrogens is 3. The van der Waals surface area contributed by atoms with Crippen LogP contribution in [0.3, 0.4) is 0 Å². The lowest BCUT2D eigenvalue weighted by Gasteiger charge is -2.11. The van der Waals surface area contributed by atoms with Crippen molar-refractivity contribution in [1.29, 1.82) is 0 Å². The molecule has 0 saturated heterocycles. The minimum absolute atomic E-state index is 0.250. The number of rotatable bonds is 3. The number of aryl methyl sites for hydroxylation is 1. The molecule has 0 fully saturated rings. The summed E-state index contributed by atoms with van der Waals surface area (Å²) in [7, 11) is 1.54. The number of hydrogen-bond donors (Lipinski definition) is 0. The number of halogens is 2. The summed E-state index contributed by atoms with van der Waals surface area (Å²) in [6.07, 6.45) is 0. The van der Waals surface area contributed by atoms with E-state index in [4.69, 9.17) is 14.5 Å². The molecule has 0 aliphatic heterocycles. The minimum atomic E-state index is -0.359. The molecular weight excluding hydrogens is 400 g/mol. The van der Waals surface area contributed by atoms with Crippen molar-refractivity contribution >= 4 is 11.0 Å². The van der Waals surface area contributed by atoms with E-state index in [0.29, 0.717) is 44.9 Å². The van der Waals surface area contributed by atoms with E-state index >= 15 is 0 Å². The van der Waals surface area contributed by atoms with Crippen LogP contribution in [0, 0.1) is 11.6 Å². The fourth-order valence-electron chi connectivity index (χ4n) is 3.38. The number of hydrogen-bond acceptors (Lipinski definition) is 4. The van der Waals surface area contributed by atoms with E-state index in [0.717, 1.165) is 4.74 Å². The summed E-state index contributed by atoms with van der Waals surface area (Å²) in [5.41, 5.74) is 4.07. The molecule has 0 aliphatic rings. The summed E-state index contributed by atoms with van der Waals surface area (Å²) in [5, 5.41) is 0. The molecule has 5 rings (SSSR count). The summed E-state index contributed by atoms with van der Waals surface area (Å²) in [6, 6.07) is 18.7. The molecule has 152 valence electrons. The van der Waals surface area contributed by atoms with Gasteiger partial charge >= 0.3 is 0 Å². The van der Waals surface area contributed by atoms with Gasteiger partial charge in [0.15, 0.2) is 5.76 Å². The van der Waals surface area contributed by atoms with Crippen molar-refractivity contribution < 1.29 is 13.3 Å². The zero-order valence-corrected chi connectivity index (χ0v) is 16.3. The van der Waals surface area contributed by atoms with Gasteiger partial charge < -0.3 is 4.52 Å². The van der Waals surface area contributed by atoms with Crippen molar-refractivity contribution in [1.82, 2.24) is 14.7 Å². The van der Waals surface area contributed by atoms with Gasteiger partial charge in [-0.1, -0.05) is 0 Å². The first kappa shape index (κ1) is 18.9. The van der Waals surface area contributed by atoms with Crippen molar-refractivity contribution in [2.75, 3.05) is 0 Å². The molecule has 31 heavy (non-hydrogen) atoms. The topological polar surface area (TPSA) is 60.9 Å². The minimum Gasteiger partial charge on any atom is -0.376 e. The quantitative estimate of drug-likeness (QED) is 0.406. The van der Waals surface area contributed by atoms with E-state index in [9.17, 15) is 13.6 Å². The Balaban J connectivity index is 1.74. The first-order valence-corrected chi connectivity index (χ1v) is 9.49. The summed E-state index contributed by atoms with van der Waals surface area (Å²) in [4.78, 5) is 21.3. The third-order valence-electron chi connectivity index (χ3n) is 4.98. The summed E-state index contributed by atoms with van der Waals surface area (Å²) in [6.45, 7) is 0. The van der Waals surface area contributed by atoms with Crippen molar-refractivity contribution in [2.24, 2.45) is 7.05 Å². The monoisotopic (exact) mass is 415 g/mol. The van der Waals surface area contributed by atoms with Crippen LogP contribution in [0.4, 0.5) is 8.78 Å². The maximum Gasteiger partial charge on any atom is 0.282 e. The van der Waals surface area contributed by atoms with Crippen molar-refractivity contribution in [2.45, 2.75) is 0 Å². The maximum absolute atomic E-state index is 13.5. The molecule has 0 atom stereocenters. The van der Waals surface area contributed by atoms with Gasteiger partial charge in [-0.25, -0.2) is 18.7 Å². The van der Waals surface area contributed by atoms with E-state index in [1.54, 1.807) is 42.5 Å². The molecule has 5 nitrogen and oxygen atoms in total. The Morgan fingerprint density at radius 1 is 0.710 bits per heavy atom. The van der Waals surface area contributed by atoms with Crippen molar-refractivity contribution in [3.8, 4) is 33.8 Å². The summed E-state index contributed by atoms with van der Waals surface area (Å²) < 4.78 is 33.5. The van der Waals surface area contributed by atoms with Gasteiger partial charge in [0.1, 0.15) is 11.6 Å². The standard InChI is InChI=1S/C24H15F2N3O2/c1-29-22(30)13-21(31-29)16-6-11-19-20(12-16)28-24(15-4-9-18(26)10-5-15)23(27-19)14-2-7-17(25)8-3-14/h2-13H,1H3. The Bertz CT molecular complexity index is 1470. The maximum atomic E-state index is 13.5. The van der Waals surface area contributed by atoms with Gasteiger partial charge in [-0.2, -0.15) is 4.74 Å². The zero-order valence-electron chi connectivity index (χ0n) is 16.3. The first-order valence-electron chi connectivity index (χ1n) is 9.49. The van der Waals surface area contributed by atoms with Crippen molar-refractivity contribution in [3.05, 3.63) is 94.8 Å². The number of fused-ring (bicyclic) bond motifs is 1. The van der Waals surface area contributed by atoms with Crippen LogP contribution in [-0.2, 0) is 7.05 Å². The highest BCUT2D eigenvalue weighted by Gasteiger charge is 2.15. The van der Waals surface area contributed by atoms with Crippen LogP contribution in [0.2, 0.25) is 0 Å². The molecule has 0 bridgehead atoms. The molecule has 0 spiro atoms. The average molecular weight is 415 g/mol. The van der Waals surface area contributed by atoms with Gasteiger partial charge in [-0.15, -0.1) is 0 Å². The van der Waals surface area contributed by atoms with E-state index in [1.165, 1.54) is 37.4 Å². The Labute approximate surface area is 175 Å². The summed E-state index contributed by atoms with van der Waals surface area (Å²) in [5.74, 6) is -0.292. The van der Waals surface area contributed by atoms with Gasteiger partial charge in [0, 0.05) is 23.7 Å². The average Bonchev–Trinajstić information content (AvgIpc) is 3.12. The molecule has 0 N–H and O–H groups in total. The van der Waals surface area contributed by atoms with Crippen LogP contribution >= 0.6 is 0 Å². The molecule has 0 saturated carbocycles. The molecule has 0 amide bonds. The Hall–Kier alpha value is -4.13. The van der Waals surface area contributed by atoms with Gasteiger partial charge in [-0.05, 0) is 66.7 Å². The van der Waals surface area contributed by atoms with Gasteiger partial charge in [-0.3, -0.25) is 4.79 Å². The Morgan fingerprint density at radius 3 is 1.74 bits per heavy atom.